The van der Waals surface area contributed by atoms with E-state index in [0.29, 0.717) is 6.61 Å². The number of carbonyl (C=O) groups is 1. The standard InChI is InChI=1S/C9H13NO2/c1-7(11)12-6-8-2-4-9(10)5-3-8/h2,4H,3,5-6,10H2,1H3. The molecule has 0 aromatic rings. The zero-order chi connectivity index (χ0) is 8.97. The van der Waals surface area contributed by atoms with Gasteiger partial charge in [0.05, 0.1) is 0 Å². The lowest BCUT2D eigenvalue weighted by Crippen LogP contribution is -2.07. The Morgan fingerprint density at radius 3 is 2.83 bits per heavy atom. The summed E-state index contributed by atoms with van der Waals surface area (Å²) in [6.45, 7) is 1.81. The fourth-order valence-corrected chi connectivity index (χ4v) is 1.01. The molecule has 0 aliphatic heterocycles. The molecule has 0 radical (unpaired) electrons. The van der Waals surface area contributed by atoms with Crippen LogP contribution in [0.3, 0.4) is 0 Å². The summed E-state index contributed by atoms with van der Waals surface area (Å²) in [4.78, 5) is 10.5. The molecule has 0 amide bonds. The smallest absolute Gasteiger partial charge is 0.302 e. The minimum absolute atomic E-state index is 0.238. The van der Waals surface area contributed by atoms with Crippen molar-refractivity contribution in [3.8, 4) is 0 Å². The summed E-state index contributed by atoms with van der Waals surface area (Å²) in [5.41, 5.74) is 7.58. The van der Waals surface area contributed by atoms with Crippen molar-refractivity contribution in [2.24, 2.45) is 5.73 Å². The Kier molecular flexibility index (Phi) is 2.91. The number of nitrogens with two attached hydrogens (primary N) is 1. The molecule has 1 aliphatic rings. The van der Waals surface area contributed by atoms with Crippen LogP contribution in [0.2, 0.25) is 0 Å². The topological polar surface area (TPSA) is 52.3 Å². The number of rotatable bonds is 2. The molecule has 2 N–H and O–H groups in total. The maximum Gasteiger partial charge on any atom is 0.302 e. The van der Waals surface area contributed by atoms with Crippen LogP contribution < -0.4 is 5.73 Å². The molecule has 3 heteroatoms. The summed E-state index contributed by atoms with van der Waals surface area (Å²) in [7, 11) is 0. The van der Waals surface area contributed by atoms with Crippen LogP contribution in [0.1, 0.15) is 19.8 Å². The van der Waals surface area contributed by atoms with Crippen molar-refractivity contribution in [3.05, 3.63) is 23.4 Å². The van der Waals surface area contributed by atoms with Crippen LogP contribution in [-0.2, 0) is 9.53 Å². The van der Waals surface area contributed by atoms with Crippen LogP contribution in [0.4, 0.5) is 0 Å². The average Bonchev–Trinajstić information content (AvgIpc) is 2.03. The van der Waals surface area contributed by atoms with Gasteiger partial charge in [-0.3, -0.25) is 4.79 Å². The van der Waals surface area contributed by atoms with Gasteiger partial charge in [0.1, 0.15) is 6.61 Å². The zero-order valence-electron chi connectivity index (χ0n) is 7.17. The maximum atomic E-state index is 10.5. The van der Waals surface area contributed by atoms with Crippen molar-refractivity contribution in [1.29, 1.82) is 0 Å². The van der Waals surface area contributed by atoms with Crippen LogP contribution in [0, 0.1) is 0 Å². The molecule has 3 nitrogen and oxygen atoms in total. The van der Waals surface area contributed by atoms with E-state index >= 15 is 0 Å². The first-order valence-electron chi connectivity index (χ1n) is 3.96. The third kappa shape index (κ3) is 2.78. The molecule has 0 spiro atoms. The summed E-state index contributed by atoms with van der Waals surface area (Å²) in [6, 6.07) is 0. The highest BCUT2D eigenvalue weighted by Gasteiger charge is 2.04. The summed E-state index contributed by atoms with van der Waals surface area (Å²) < 4.78 is 4.84. The van der Waals surface area contributed by atoms with E-state index in [9.17, 15) is 4.79 Å². The zero-order valence-corrected chi connectivity index (χ0v) is 7.17. The fraction of sp³-hybridized carbons (Fsp3) is 0.444. The highest BCUT2D eigenvalue weighted by atomic mass is 16.5. The van der Waals surface area contributed by atoms with Crippen LogP contribution >= 0.6 is 0 Å². The second kappa shape index (κ2) is 3.95. The van der Waals surface area contributed by atoms with Gasteiger partial charge in [0.2, 0.25) is 0 Å². The molecular weight excluding hydrogens is 154 g/mol. The first-order chi connectivity index (χ1) is 5.68. The number of hydrogen-bond donors (Lipinski definition) is 1. The number of esters is 1. The van der Waals surface area contributed by atoms with Crippen LogP contribution in [0.5, 0.6) is 0 Å². The van der Waals surface area contributed by atoms with E-state index in [1.165, 1.54) is 6.92 Å². The molecule has 0 atom stereocenters. The van der Waals surface area contributed by atoms with Gasteiger partial charge in [0, 0.05) is 12.6 Å². The molecule has 0 bridgehead atoms. The van der Waals surface area contributed by atoms with Gasteiger partial charge in [-0.25, -0.2) is 0 Å². The highest BCUT2D eigenvalue weighted by Crippen LogP contribution is 2.14. The summed E-state index contributed by atoms with van der Waals surface area (Å²) in [6.07, 6.45) is 5.55. The van der Waals surface area contributed by atoms with Gasteiger partial charge in [-0.15, -0.1) is 0 Å². The number of ether oxygens (including phenoxy) is 1. The molecule has 0 saturated heterocycles. The van der Waals surface area contributed by atoms with E-state index in [2.05, 4.69) is 0 Å². The molecule has 0 heterocycles. The highest BCUT2D eigenvalue weighted by molar-refractivity contribution is 5.66. The Bertz CT molecular complexity index is 241. The van der Waals surface area contributed by atoms with Crippen molar-refractivity contribution in [3.63, 3.8) is 0 Å². The minimum Gasteiger partial charge on any atom is -0.461 e. The Morgan fingerprint density at radius 2 is 2.33 bits per heavy atom. The van der Waals surface area contributed by atoms with Gasteiger partial charge in [0.25, 0.3) is 0 Å². The first kappa shape index (κ1) is 8.84. The van der Waals surface area contributed by atoms with Crippen molar-refractivity contribution < 1.29 is 9.53 Å². The molecule has 0 aromatic heterocycles. The van der Waals surface area contributed by atoms with Gasteiger partial charge in [-0.05, 0) is 24.5 Å². The molecule has 0 aromatic carbocycles. The molecule has 12 heavy (non-hydrogen) atoms. The predicted molar refractivity (Wildman–Crippen MR) is 46.2 cm³/mol. The first-order valence-corrected chi connectivity index (χ1v) is 3.96. The lowest BCUT2D eigenvalue weighted by Gasteiger charge is -2.11. The van der Waals surface area contributed by atoms with Gasteiger partial charge < -0.3 is 10.5 Å². The van der Waals surface area contributed by atoms with E-state index < -0.39 is 0 Å². The van der Waals surface area contributed by atoms with Crippen LogP contribution in [0.15, 0.2) is 23.4 Å². The number of allylic oxidation sites excluding steroid dienone is 3. The molecule has 0 saturated carbocycles. The second-order valence-electron chi connectivity index (χ2n) is 2.85. The SMILES string of the molecule is CC(=O)OCC1=CC=C(N)CC1. The van der Waals surface area contributed by atoms with Gasteiger partial charge >= 0.3 is 5.97 Å². The van der Waals surface area contributed by atoms with E-state index in [0.717, 1.165) is 24.1 Å². The lowest BCUT2D eigenvalue weighted by atomic mass is 10.0. The van der Waals surface area contributed by atoms with E-state index in [1.54, 1.807) is 0 Å². The largest absolute Gasteiger partial charge is 0.461 e. The molecule has 1 aliphatic carbocycles. The van der Waals surface area contributed by atoms with E-state index in [1.807, 2.05) is 12.2 Å². The van der Waals surface area contributed by atoms with E-state index in [-0.39, 0.29) is 5.97 Å². The molecule has 0 unspecified atom stereocenters. The quantitative estimate of drug-likeness (QED) is 0.627. The minimum atomic E-state index is -0.238. The molecule has 66 valence electrons. The van der Waals surface area contributed by atoms with Crippen LogP contribution in [0.25, 0.3) is 0 Å². The van der Waals surface area contributed by atoms with Crippen molar-refractivity contribution in [2.75, 3.05) is 6.61 Å². The Morgan fingerprint density at radius 1 is 1.58 bits per heavy atom. The van der Waals surface area contributed by atoms with Gasteiger partial charge in [-0.2, -0.15) is 0 Å². The third-order valence-corrected chi connectivity index (χ3v) is 1.73. The Hall–Kier alpha value is -1.25. The average molecular weight is 167 g/mol. The van der Waals surface area contributed by atoms with Crippen molar-refractivity contribution >= 4 is 5.97 Å². The van der Waals surface area contributed by atoms with Crippen molar-refractivity contribution in [1.82, 2.24) is 0 Å². The van der Waals surface area contributed by atoms with E-state index in [4.69, 9.17) is 10.5 Å². The lowest BCUT2D eigenvalue weighted by molar-refractivity contribution is -0.140. The van der Waals surface area contributed by atoms with Gasteiger partial charge in [0.15, 0.2) is 0 Å². The summed E-state index contributed by atoms with van der Waals surface area (Å²) in [5, 5.41) is 0. The number of carbonyl (C=O) groups excluding carboxylic acids is 1. The Labute approximate surface area is 71.9 Å². The summed E-state index contributed by atoms with van der Waals surface area (Å²) in [5.74, 6) is -0.238. The number of hydrogen-bond acceptors (Lipinski definition) is 3. The Balaban J connectivity index is 2.39. The molecule has 0 fully saturated rings. The maximum absolute atomic E-state index is 10.5. The normalized spacial score (nSPS) is 16.4. The fourth-order valence-electron chi connectivity index (χ4n) is 1.01. The van der Waals surface area contributed by atoms with Crippen LogP contribution in [-0.4, -0.2) is 12.6 Å². The third-order valence-electron chi connectivity index (χ3n) is 1.73. The summed E-state index contributed by atoms with van der Waals surface area (Å²) >= 11 is 0. The predicted octanol–water partition coefficient (Wildman–Crippen LogP) is 1.11. The second-order valence-corrected chi connectivity index (χ2v) is 2.85. The molecular formula is C9H13NO2. The monoisotopic (exact) mass is 167 g/mol. The van der Waals surface area contributed by atoms with Gasteiger partial charge in [-0.1, -0.05) is 6.08 Å². The molecule has 1 rings (SSSR count). The van der Waals surface area contributed by atoms with Crippen molar-refractivity contribution in [2.45, 2.75) is 19.8 Å².